The van der Waals surface area contributed by atoms with E-state index >= 15 is 0 Å². The molecule has 111 valence electrons. The molecule has 0 saturated heterocycles. The topological polar surface area (TPSA) is 17.3 Å². The maximum atomic E-state index is 6.02. The Hall–Kier alpha value is -2.29. The van der Waals surface area contributed by atoms with Gasteiger partial charge in [-0.25, -0.2) is 4.98 Å². The van der Waals surface area contributed by atoms with Crippen LogP contribution in [-0.4, -0.2) is 9.38 Å². The van der Waals surface area contributed by atoms with E-state index in [-0.39, 0.29) is 0 Å². The Morgan fingerprint density at radius 2 is 1.39 bits per heavy atom. The fourth-order valence-corrected chi connectivity index (χ4v) is 2.88. The van der Waals surface area contributed by atoms with Crippen LogP contribution in [-0.2, 0) is 0 Å². The van der Waals surface area contributed by atoms with Crippen molar-refractivity contribution in [2.75, 3.05) is 0 Å². The molecule has 0 atom stereocenters. The molecule has 4 rings (SSSR count). The van der Waals surface area contributed by atoms with Crippen LogP contribution in [0.4, 0.5) is 0 Å². The Morgan fingerprint density at radius 3 is 2.04 bits per heavy atom. The SMILES string of the molecule is Clc1ccc(-c2nc3cc[c]cn3c2-c2ccc(Cl)cc2)cc1. The maximum absolute atomic E-state index is 6.02. The van der Waals surface area contributed by atoms with Gasteiger partial charge in [0.1, 0.15) is 5.65 Å². The predicted octanol–water partition coefficient (Wildman–Crippen LogP) is 5.78. The van der Waals surface area contributed by atoms with E-state index in [1.54, 1.807) is 0 Å². The van der Waals surface area contributed by atoms with Gasteiger partial charge >= 0.3 is 0 Å². The fraction of sp³-hybridized carbons (Fsp3) is 0. The van der Waals surface area contributed by atoms with Crippen molar-refractivity contribution in [3.8, 4) is 22.5 Å². The van der Waals surface area contributed by atoms with Crippen LogP contribution in [0.1, 0.15) is 0 Å². The molecule has 0 fully saturated rings. The van der Waals surface area contributed by atoms with Crippen molar-refractivity contribution in [2.45, 2.75) is 0 Å². The minimum atomic E-state index is 0.707. The van der Waals surface area contributed by atoms with Gasteiger partial charge in [0, 0.05) is 27.4 Å². The summed E-state index contributed by atoms with van der Waals surface area (Å²) in [6.07, 6.45) is 1.89. The summed E-state index contributed by atoms with van der Waals surface area (Å²) in [5, 5.41) is 1.42. The number of fused-ring (bicyclic) bond motifs is 1. The summed E-state index contributed by atoms with van der Waals surface area (Å²) in [6.45, 7) is 0. The number of hydrogen-bond acceptors (Lipinski definition) is 1. The van der Waals surface area contributed by atoms with E-state index < -0.39 is 0 Å². The molecule has 0 bridgehead atoms. The molecule has 0 saturated carbocycles. The monoisotopic (exact) mass is 337 g/mol. The van der Waals surface area contributed by atoms with Gasteiger partial charge in [-0.05, 0) is 42.5 Å². The van der Waals surface area contributed by atoms with Crippen LogP contribution < -0.4 is 0 Å². The lowest BCUT2D eigenvalue weighted by molar-refractivity contribution is 1.19. The standard InChI is InChI=1S/C19H11Cl2N2/c20-15-8-4-13(5-9-15)18-19(14-6-10-16(21)11-7-14)23-12-2-1-3-17(23)22-18/h1,3-12H. The molecule has 2 nitrogen and oxygen atoms in total. The largest absolute Gasteiger partial charge is 0.298 e. The number of halogens is 2. The van der Waals surface area contributed by atoms with E-state index in [0.29, 0.717) is 10.0 Å². The molecule has 0 amide bonds. The van der Waals surface area contributed by atoms with Crippen LogP contribution >= 0.6 is 23.2 Å². The third kappa shape index (κ3) is 2.61. The summed E-state index contributed by atoms with van der Waals surface area (Å²) in [5.74, 6) is 0. The quantitative estimate of drug-likeness (QED) is 0.453. The van der Waals surface area contributed by atoms with Gasteiger partial charge in [0.15, 0.2) is 0 Å². The molecular weight excluding hydrogens is 327 g/mol. The maximum Gasteiger partial charge on any atom is 0.137 e. The molecule has 2 aromatic heterocycles. The summed E-state index contributed by atoms with van der Waals surface area (Å²) in [4.78, 5) is 4.78. The lowest BCUT2D eigenvalue weighted by Crippen LogP contribution is -1.89. The van der Waals surface area contributed by atoms with E-state index in [0.717, 1.165) is 28.2 Å². The average Bonchev–Trinajstić information content (AvgIpc) is 2.96. The smallest absolute Gasteiger partial charge is 0.137 e. The highest BCUT2D eigenvalue weighted by molar-refractivity contribution is 6.31. The van der Waals surface area contributed by atoms with Gasteiger partial charge in [0.25, 0.3) is 0 Å². The summed E-state index contributed by atoms with van der Waals surface area (Å²) >= 11 is 12.0. The van der Waals surface area contributed by atoms with Crippen molar-refractivity contribution in [2.24, 2.45) is 0 Å². The van der Waals surface area contributed by atoms with Crippen LogP contribution in [0.3, 0.4) is 0 Å². The van der Waals surface area contributed by atoms with Gasteiger partial charge in [-0.15, -0.1) is 0 Å². The Morgan fingerprint density at radius 1 is 0.783 bits per heavy atom. The molecule has 0 unspecified atom stereocenters. The molecule has 4 heteroatoms. The molecule has 4 aromatic rings. The van der Waals surface area contributed by atoms with Gasteiger partial charge in [0.2, 0.25) is 0 Å². The summed E-state index contributed by atoms with van der Waals surface area (Å²) in [7, 11) is 0. The minimum Gasteiger partial charge on any atom is -0.298 e. The van der Waals surface area contributed by atoms with E-state index in [9.17, 15) is 0 Å². The van der Waals surface area contributed by atoms with Crippen molar-refractivity contribution >= 4 is 28.8 Å². The molecule has 0 aliphatic carbocycles. The van der Waals surface area contributed by atoms with E-state index in [1.165, 1.54) is 0 Å². The molecule has 0 N–H and O–H groups in total. The Labute approximate surface area is 143 Å². The average molecular weight is 338 g/mol. The van der Waals surface area contributed by atoms with Gasteiger partial charge in [0.05, 0.1) is 11.4 Å². The first kappa shape index (κ1) is 14.3. The highest BCUT2D eigenvalue weighted by Gasteiger charge is 2.15. The Kier molecular flexibility index (Phi) is 3.56. The van der Waals surface area contributed by atoms with Crippen LogP contribution in [0.2, 0.25) is 10.0 Å². The van der Waals surface area contributed by atoms with Crippen LogP contribution in [0.25, 0.3) is 28.2 Å². The highest BCUT2D eigenvalue weighted by atomic mass is 35.5. The molecule has 2 heterocycles. The first-order valence-corrected chi connectivity index (χ1v) is 7.88. The number of hydrogen-bond donors (Lipinski definition) is 0. The first-order chi connectivity index (χ1) is 11.2. The fourth-order valence-electron chi connectivity index (χ4n) is 2.63. The zero-order chi connectivity index (χ0) is 15.8. The predicted molar refractivity (Wildman–Crippen MR) is 94.9 cm³/mol. The van der Waals surface area contributed by atoms with Crippen molar-refractivity contribution in [3.05, 3.63) is 83.0 Å². The number of aromatic nitrogens is 2. The number of pyridine rings is 1. The molecule has 1 radical (unpaired) electrons. The van der Waals surface area contributed by atoms with Crippen molar-refractivity contribution in [1.29, 1.82) is 0 Å². The molecule has 0 aliphatic heterocycles. The van der Waals surface area contributed by atoms with Crippen molar-refractivity contribution < 1.29 is 0 Å². The zero-order valence-electron chi connectivity index (χ0n) is 12.0. The molecule has 2 aromatic carbocycles. The molecule has 0 aliphatic rings. The lowest BCUT2D eigenvalue weighted by Gasteiger charge is -2.06. The van der Waals surface area contributed by atoms with Crippen LogP contribution in [0, 0.1) is 6.07 Å². The normalized spacial score (nSPS) is 11.0. The van der Waals surface area contributed by atoms with Gasteiger partial charge in [-0.2, -0.15) is 0 Å². The minimum absolute atomic E-state index is 0.707. The number of rotatable bonds is 2. The number of nitrogens with zero attached hydrogens (tertiary/aromatic N) is 2. The Balaban J connectivity index is 2.01. The van der Waals surface area contributed by atoms with Gasteiger partial charge in [-0.1, -0.05) is 47.5 Å². The van der Waals surface area contributed by atoms with Gasteiger partial charge in [-0.3, -0.25) is 4.40 Å². The van der Waals surface area contributed by atoms with E-state index in [1.807, 2.05) is 71.3 Å². The van der Waals surface area contributed by atoms with Crippen molar-refractivity contribution in [1.82, 2.24) is 9.38 Å². The van der Waals surface area contributed by atoms with Crippen LogP contribution in [0.15, 0.2) is 66.9 Å². The first-order valence-electron chi connectivity index (χ1n) is 7.12. The van der Waals surface area contributed by atoms with Crippen molar-refractivity contribution in [3.63, 3.8) is 0 Å². The molecular formula is C19H11Cl2N2. The van der Waals surface area contributed by atoms with Gasteiger partial charge < -0.3 is 0 Å². The van der Waals surface area contributed by atoms with Crippen LogP contribution in [0.5, 0.6) is 0 Å². The lowest BCUT2D eigenvalue weighted by atomic mass is 10.0. The second-order valence-corrected chi connectivity index (χ2v) is 6.05. The van der Waals surface area contributed by atoms with E-state index in [2.05, 4.69) is 6.07 Å². The molecule has 23 heavy (non-hydrogen) atoms. The third-order valence-electron chi connectivity index (χ3n) is 3.71. The number of benzene rings is 2. The Bertz CT molecular complexity index is 971. The summed E-state index contributed by atoms with van der Waals surface area (Å²) < 4.78 is 2.03. The summed E-state index contributed by atoms with van der Waals surface area (Å²) in [6, 6.07) is 22.4. The summed E-state index contributed by atoms with van der Waals surface area (Å²) in [5.41, 5.74) is 4.85. The second kappa shape index (κ2) is 5.73. The number of imidazole rings is 1. The zero-order valence-corrected chi connectivity index (χ0v) is 13.5. The second-order valence-electron chi connectivity index (χ2n) is 5.18. The van der Waals surface area contributed by atoms with E-state index in [4.69, 9.17) is 28.2 Å². The molecule has 0 spiro atoms. The highest BCUT2D eigenvalue weighted by Crippen LogP contribution is 2.33. The third-order valence-corrected chi connectivity index (χ3v) is 4.21.